The van der Waals surface area contributed by atoms with Gasteiger partial charge in [0.05, 0.1) is 17.9 Å². The zero-order valence-electron chi connectivity index (χ0n) is 21.2. The van der Waals surface area contributed by atoms with Gasteiger partial charge in [-0.25, -0.2) is 18.2 Å². The minimum atomic E-state index is -4.77. The first-order valence-electron chi connectivity index (χ1n) is 12.1. The predicted molar refractivity (Wildman–Crippen MR) is 131 cm³/mol. The summed E-state index contributed by atoms with van der Waals surface area (Å²) in [6.07, 6.45) is -5.34. The Morgan fingerprint density at radius 1 is 1.03 bits per heavy atom. The Kier molecular flexibility index (Phi) is 9.05. The molecule has 39 heavy (non-hydrogen) atoms. The number of imidazole rings is 1. The Labute approximate surface area is 220 Å². The van der Waals surface area contributed by atoms with Crippen LogP contribution >= 0.6 is 0 Å². The van der Waals surface area contributed by atoms with Crippen LogP contribution in [0.4, 0.5) is 26.3 Å². The average molecular weight is 556 g/mol. The molecule has 1 aliphatic rings. The van der Waals surface area contributed by atoms with Gasteiger partial charge in [-0.1, -0.05) is 26.0 Å². The smallest absolute Gasteiger partial charge is 0.366 e. The first-order valence-corrected chi connectivity index (χ1v) is 12.1. The summed E-state index contributed by atoms with van der Waals surface area (Å²) in [6, 6.07) is 5.75. The summed E-state index contributed by atoms with van der Waals surface area (Å²) in [5.41, 5.74) is 11.4. The highest BCUT2D eigenvalue weighted by Gasteiger charge is 2.41. The Balaban J connectivity index is 0.00000205. The van der Waals surface area contributed by atoms with Crippen molar-refractivity contribution in [1.82, 2.24) is 14.5 Å². The number of carbonyl (C=O) groups excluding carboxylic acids is 2. The molecule has 210 valence electrons. The summed E-state index contributed by atoms with van der Waals surface area (Å²) in [4.78, 5) is 29.5. The van der Waals surface area contributed by atoms with Crippen LogP contribution in [0.5, 0.6) is 0 Å². The fourth-order valence-electron chi connectivity index (χ4n) is 4.28. The van der Waals surface area contributed by atoms with Gasteiger partial charge in [-0.2, -0.15) is 13.2 Å². The van der Waals surface area contributed by atoms with E-state index in [0.29, 0.717) is 12.1 Å². The van der Waals surface area contributed by atoms with Gasteiger partial charge in [-0.15, -0.1) is 0 Å². The topological polar surface area (TPSA) is 107 Å². The quantitative estimate of drug-likeness (QED) is 0.347. The lowest BCUT2D eigenvalue weighted by atomic mass is 10.0. The van der Waals surface area contributed by atoms with E-state index < -0.39 is 47.3 Å². The van der Waals surface area contributed by atoms with E-state index in [1.165, 1.54) is 29.2 Å². The molecule has 1 aliphatic heterocycles. The Morgan fingerprint density at radius 2 is 1.69 bits per heavy atom. The molecule has 3 aromatic rings. The molecule has 0 saturated heterocycles. The van der Waals surface area contributed by atoms with Crippen molar-refractivity contribution in [2.45, 2.75) is 52.0 Å². The summed E-state index contributed by atoms with van der Waals surface area (Å²) >= 11 is 0. The highest BCUT2D eigenvalue weighted by atomic mass is 19.4. The van der Waals surface area contributed by atoms with Crippen molar-refractivity contribution < 1.29 is 35.9 Å². The van der Waals surface area contributed by atoms with Crippen LogP contribution in [0.25, 0.3) is 11.3 Å². The van der Waals surface area contributed by atoms with E-state index in [4.69, 9.17) is 11.5 Å². The molecule has 1 atom stereocenters. The van der Waals surface area contributed by atoms with Crippen molar-refractivity contribution in [3.05, 3.63) is 76.5 Å². The van der Waals surface area contributed by atoms with E-state index in [1.54, 1.807) is 0 Å². The van der Waals surface area contributed by atoms with Crippen LogP contribution in [0.1, 0.15) is 47.7 Å². The van der Waals surface area contributed by atoms with Crippen molar-refractivity contribution in [2.24, 2.45) is 11.5 Å². The first kappa shape index (κ1) is 29.7. The van der Waals surface area contributed by atoms with E-state index in [0.717, 1.165) is 4.57 Å². The van der Waals surface area contributed by atoms with Crippen LogP contribution in [0.15, 0.2) is 36.4 Å². The standard InChI is InChI=1S/C24H21F6N5O2.C2H6/c25-16-10-18(27)17(26)8-14(16)7-15(31)9-20(36)34-4-5-35-19(11-34)21(33-23(35)24(28,29)30)12-2-1-3-13(6-12)22(32)37;1-2/h1-3,6,8,10,15H,4-5,7,9,11,31H2,(H2,32,37);1-2H3. The molecule has 0 bridgehead atoms. The number of rotatable bonds is 6. The van der Waals surface area contributed by atoms with Crippen molar-refractivity contribution in [3.8, 4) is 11.3 Å². The lowest BCUT2D eigenvalue weighted by Gasteiger charge is -2.30. The first-order chi connectivity index (χ1) is 18.3. The largest absolute Gasteiger partial charge is 0.449 e. The number of nitrogens with zero attached hydrogens (tertiary/aromatic N) is 3. The number of aromatic nitrogens is 2. The molecule has 0 aliphatic carbocycles. The summed E-state index contributed by atoms with van der Waals surface area (Å²) in [5, 5.41) is 0. The predicted octanol–water partition coefficient (Wildman–Crippen LogP) is 4.41. The highest BCUT2D eigenvalue weighted by Crippen LogP contribution is 2.36. The van der Waals surface area contributed by atoms with Crippen molar-refractivity contribution in [1.29, 1.82) is 0 Å². The molecular weight excluding hydrogens is 528 g/mol. The summed E-state index contributed by atoms with van der Waals surface area (Å²) < 4.78 is 82.6. The molecule has 2 amide bonds. The molecule has 13 heteroatoms. The van der Waals surface area contributed by atoms with Crippen LogP contribution in [-0.4, -0.2) is 38.9 Å². The van der Waals surface area contributed by atoms with E-state index in [9.17, 15) is 35.9 Å². The number of amides is 2. The van der Waals surface area contributed by atoms with Crippen LogP contribution in [0.2, 0.25) is 0 Å². The fraction of sp³-hybridized carbons (Fsp3) is 0.346. The van der Waals surface area contributed by atoms with Gasteiger partial charge < -0.3 is 20.9 Å². The summed E-state index contributed by atoms with van der Waals surface area (Å²) in [5.74, 6) is -6.05. The third-order valence-electron chi connectivity index (χ3n) is 6.04. The van der Waals surface area contributed by atoms with Gasteiger partial charge in [-0.3, -0.25) is 9.59 Å². The molecule has 2 heterocycles. The second-order valence-corrected chi connectivity index (χ2v) is 8.67. The number of primary amides is 1. The molecule has 0 spiro atoms. The zero-order chi connectivity index (χ0) is 29.1. The van der Waals surface area contributed by atoms with E-state index in [-0.39, 0.29) is 60.6 Å². The Morgan fingerprint density at radius 3 is 2.33 bits per heavy atom. The number of carbonyl (C=O) groups is 2. The number of benzene rings is 2. The van der Waals surface area contributed by atoms with Crippen LogP contribution in [0.3, 0.4) is 0 Å². The fourth-order valence-corrected chi connectivity index (χ4v) is 4.28. The molecule has 0 radical (unpaired) electrons. The second kappa shape index (κ2) is 11.9. The monoisotopic (exact) mass is 555 g/mol. The zero-order valence-corrected chi connectivity index (χ0v) is 21.2. The van der Waals surface area contributed by atoms with Gasteiger partial charge in [0.25, 0.3) is 0 Å². The summed E-state index contributed by atoms with van der Waals surface area (Å²) in [6.45, 7) is 3.49. The van der Waals surface area contributed by atoms with Gasteiger partial charge in [0.15, 0.2) is 11.6 Å². The molecule has 4 N–H and O–H groups in total. The molecule has 2 aromatic carbocycles. The third-order valence-corrected chi connectivity index (χ3v) is 6.04. The average Bonchev–Trinajstić information content (AvgIpc) is 3.28. The number of hydrogen-bond donors (Lipinski definition) is 2. The van der Waals surface area contributed by atoms with E-state index in [2.05, 4.69) is 4.98 Å². The highest BCUT2D eigenvalue weighted by molar-refractivity contribution is 5.94. The van der Waals surface area contributed by atoms with Crippen molar-refractivity contribution >= 4 is 11.8 Å². The van der Waals surface area contributed by atoms with Crippen molar-refractivity contribution in [2.75, 3.05) is 6.54 Å². The number of nitrogens with two attached hydrogens (primary N) is 2. The van der Waals surface area contributed by atoms with Crippen LogP contribution in [0, 0.1) is 17.5 Å². The van der Waals surface area contributed by atoms with Gasteiger partial charge in [-0.05, 0) is 30.2 Å². The van der Waals surface area contributed by atoms with Crippen molar-refractivity contribution in [3.63, 3.8) is 0 Å². The molecule has 4 rings (SSSR count). The maximum Gasteiger partial charge on any atom is 0.449 e. The van der Waals surface area contributed by atoms with Crippen LogP contribution < -0.4 is 11.5 Å². The normalized spacial score (nSPS) is 13.8. The molecular formula is C26H27F6N5O2. The second-order valence-electron chi connectivity index (χ2n) is 8.67. The number of alkyl halides is 3. The van der Waals surface area contributed by atoms with E-state index >= 15 is 0 Å². The molecule has 0 saturated carbocycles. The minimum Gasteiger partial charge on any atom is -0.366 e. The van der Waals surface area contributed by atoms with Gasteiger partial charge in [0, 0.05) is 42.7 Å². The maximum atomic E-state index is 13.9. The molecule has 1 unspecified atom stereocenters. The number of hydrogen-bond acceptors (Lipinski definition) is 4. The van der Waals surface area contributed by atoms with Crippen LogP contribution in [-0.2, 0) is 30.5 Å². The Bertz CT molecular complexity index is 1370. The number of fused-ring (bicyclic) bond motifs is 1. The lowest BCUT2D eigenvalue weighted by Crippen LogP contribution is -2.42. The van der Waals surface area contributed by atoms with Gasteiger partial charge in [0.2, 0.25) is 17.6 Å². The number of halogens is 6. The third kappa shape index (κ3) is 6.59. The van der Waals surface area contributed by atoms with Gasteiger partial charge >= 0.3 is 6.18 Å². The molecule has 1 aromatic heterocycles. The van der Waals surface area contributed by atoms with E-state index in [1.807, 2.05) is 13.8 Å². The molecule has 7 nitrogen and oxygen atoms in total. The van der Waals surface area contributed by atoms with Gasteiger partial charge in [0.1, 0.15) is 5.82 Å². The minimum absolute atomic E-state index is 0.0546. The maximum absolute atomic E-state index is 13.9. The molecule has 0 fully saturated rings. The SMILES string of the molecule is CC.NC(=O)c1cccc(-c2nc(C(F)(F)F)n3c2CN(C(=O)CC(N)Cc2cc(F)c(F)cc2F)CC3)c1. The summed E-state index contributed by atoms with van der Waals surface area (Å²) in [7, 11) is 0. The lowest BCUT2D eigenvalue weighted by molar-refractivity contribution is -0.148. The Hall–Kier alpha value is -3.87.